The minimum atomic E-state index is -3.37. The van der Waals surface area contributed by atoms with Crippen LogP contribution in [0.1, 0.15) is 72.1 Å². The third-order valence-electron chi connectivity index (χ3n) is 4.55. The molecule has 1 unspecified atom stereocenters. The molecule has 6 heteroatoms. The molecule has 23 heavy (non-hydrogen) atoms. The second-order valence-corrected chi connectivity index (χ2v) is 6.81. The van der Waals surface area contributed by atoms with Crippen LogP contribution in [0.25, 0.3) is 0 Å². The van der Waals surface area contributed by atoms with Gasteiger partial charge in [-0.2, -0.15) is 8.78 Å². The highest BCUT2D eigenvalue weighted by Crippen LogP contribution is 2.29. The number of hydrogen-bond donors (Lipinski definition) is 3. The fourth-order valence-electron chi connectivity index (χ4n) is 2.79. The zero-order valence-corrected chi connectivity index (χ0v) is 15.0. The van der Waals surface area contributed by atoms with Crippen LogP contribution in [0, 0.1) is 5.92 Å². The second kappa shape index (κ2) is 10.9. The zero-order valence-electron chi connectivity index (χ0n) is 15.0. The van der Waals surface area contributed by atoms with E-state index in [0.29, 0.717) is 58.0 Å². The number of rotatable bonds is 13. The first-order chi connectivity index (χ1) is 10.7. The molecule has 0 aromatic rings. The highest BCUT2D eigenvalue weighted by molar-refractivity contribution is 5.83. The molecule has 5 N–H and O–H groups in total. The van der Waals surface area contributed by atoms with Gasteiger partial charge in [-0.15, -0.1) is 0 Å². The van der Waals surface area contributed by atoms with Crippen molar-refractivity contribution in [3.63, 3.8) is 0 Å². The molecular formula is C17H35F2N3O. The van der Waals surface area contributed by atoms with Crippen LogP contribution in [0.15, 0.2) is 0 Å². The maximum absolute atomic E-state index is 13.3. The minimum absolute atomic E-state index is 0.480. The summed E-state index contributed by atoms with van der Waals surface area (Å²) in [6.45, 7) is 5.92. The van der Waals surface area contributed by atoms with Crippen LogP contribution < -0.4 is 16.8 Å². The molecule has 0 saturated carbocycles. The first kappa shape index (κ1) is 22.2. The molecule has 0 aliphatic carbocycles. The number of halogens is 2. The van der Waals surface area contributed by atoms with Crippen molar-refractivity contribution in [3.05, 3.63) is 0 Å². The van der Waals surface area contributed by atoms with Crippen LogP contribution >= 0.6 is 0 Å². The molecule has 0 aliphatic heterocycles. The van der Waals surface area contributed by atoms with Gasteiger partial charge in [0, 0.05) is 12.5 Å². The summed E-state index contributed by atoms with van der Waals surface area (Å²) >= 11 is 0. The molecular weight excluding hydrogens is 300 g/mol. The number of amides is 1. The van der Waals surface area contributed by atoms with E-state index in [1.165, 1.54) is 0 Å². The minimum Gasteiger partial charge on any atom is -0.345 e. The summed E-state index contributed by atoms with van der Waals surface area (Å²) in [7, 11) is 0. The molecule has 1 amide bonds. The lowest BCUT2D eigenvalue weighted by molar-refractivity contribution is -0.145. The van der Waals surface area contributed by atoms with Gasteiger partial charge in [-0.1, -0.05) is 33.1 Å². The largest absolute Gasteiger partial charge is 0.345 e. The van der Waals surface area contributed by atoms with Crippen LogP contribution in [0.5, 0.6) is 0 Å². The Balaban J connectivity index is 5.03. The van der Waals surface area contributed by atoms with E-state index in [9.17, 15) is 13.6 Å². The van der Waals surface area contributed by atoms with Crippen LogP contribution in [0.4, 0.5) is 8.78 Å². The first-order valence-corrected chi connectivity index (χ1v) is 8.81. The molecule has 0 rings (SSSR count). The molecule has 0 aliphatic rings. The zero-order chi connectivity index (χ0) is 17.9. The molecule has 4 nitrogen and oxygen atoms in total. The quantitative estimate of drug-likeness (QED) is 0.483. The van der Waals surface area contributed by atoms with Gasteiger partial charge >= 0.3 is 5.92 Å². The van der Waals surface area contributed by atoms with Gasteiger partial charge in [0.25, 0.3) is 5.91 Å². The van der Waals surface area contributed by atoms with Gasteiger partial charge in [-0.25, -0.2) is 0 Å². The third-order valence-corrected chi connectivity index (χ3v) is 4.55. The smallest absolute Gasteiger partial charge is 0.321 e. The van der Waals surface area contributed by atoms with E-state index in [4.69, 9.17) is 11.5 Å². The van der Waals surface area contributed by atoms with Crippen molar-refractivity contribution in [1.82, 2.24) is 5.32 Å². The average Bonchev–Trinajstić information content (AvgIpc) is 2.49. The molecule has 0 aromatic heterocycles. The predicted octanol–water partition coefficient (Wildman–Crippen LogP) is 3.19. The Bertz CT molecular complexity index is 324. The van der Waals surface area contributed by atoms with Crippen LogP contribution in [-0.4, -0.2) is 30.5 Å². The van der Waals surface area contributed by atoms with Crippen molar-refractivity contribution in [2.45, 2.75) is 83.6 Å². The summed E-state index contributed by atoms with van der Waals surface area (Å²) < 4.78 is 26.7. The molecule has 0 heterocycles. The van der Waals surface area contributed by atoms with Gasteiger partial charge in [0.1, 0.15) is 0 Å². The van der Waals surface area contributed by atoms with Crippen molar-refractivity contribution >= 4 is 5.91 Å². The van der Waals surface area contributed by atoms with E-state index in [0.717, 1.165) is 19.3 Å². The number of nitrogens with one attached hydrogen (secondary N) is 1. The standard InChI is InChI=1S/C17H35F2N3O/c1-4-14(2)8-5-9-17(10-6-12-20,11-7-13-21)22-15(23)16(3,18)19/h14H,4-13,20-21H2,1-3H3,(H,22,23). The number of nitrogens with two attached hydrogens (primary N) is 2. The van der Waals surface area contributed by atoms with E-state index in [2.05, 4.69) is 19.2 Å². The van der Waals surface area contributed by atoms with E-state index >= 15 is 0 Å². The molecule has 138 valence electrons. The van der Waals surface area contributed by atoms with Crippen molar-refractivity contribution in [3.8, 4) is 0 Å². The number of carbonyl (C=O) groups excluding carboxylic acids is 1. The predicted molar refractivity (Wildman–Crippen MR) is 91.4 cm³/mol. The monoisotopic (exact) mass is 335 g/mol. The summed E-state index contributed by atoms with van der Waals surface area (Å²) in [5.74, 6) is -3.97. The van der Waals surface area contributed by atoms with Crippen molar-refractivity contribution in [2.75, 3.05) is 13.1 Å². The third kappa shape index (κ3) is 9.20. The van der Waals surface area contributed by atoms with E-state index in [1.807, 2.05) is 0 Å². The molecule has 0 fully saturated rings. The second-order valence-electron chi connectivity index (χ2n) is 6.81. The van der Waals surface area contributed by atoms with Crippen LogP contribution in [0.2, 0.25) is 0 Å². The summed E-state index contributed by atoms with van der Waals surface area (Å²) in [4.78, 5) is 11.8. The Hall–Kier alpha value is -0.750. The van der Waals surface area contributed by atoms with Crippen molar-refractivity contribution < 1.29 is 13.6 Å². The average molecular weight is 335 g/mol. The van der Waals surface area contributed by atoms with E-state index in [1.54, 1.807) is 0 Å². The topological polar surface area (TPSA) is 81.1 Å². The highest BCUT2D eigenvalue weighted by atomic mass is 19.3. The Morgan fingerprint density at radius 3 is 1.96 bits per heavy atom. The van der Waals surface area contributed by atoms with Gasteiger partial charge in [-0.3, -0.25) is 4.79 Å². The molecule has 0 aromatic carbocycles. The summed E-state index contributed by atoms with van der Waals surface area (Å²) in [5.41, 5.74) is 10.6. The van der Waals surface area contributed by atoms with Gasteiger partial charge in [0.05, 0.1) is 0 Å². The summed E-state index contributed by atoms with van der Waals surface area (Å²) in [6, 6.07) is 0. The molecule has 1 atom stereocenters. The van der Waals surface area contributed by atoms with Gasteiger partial charge < -0.3 is 16.8 Å². The lowest BCUT2D eigenvalue weighted by Crippen LogP contribution is -2.53. The van der Waals surface area contributed by atoms with Crippen LogP contribution in [0.3, 0.4) is 0 Å². The lowest BCUT2D eigenvalue weighted by Gasteiger charge is -2.36. The Morgan fingerprint density at radius 2 is 1.57 bits per heavy atom. The van der Waals surface area contributed by atoms with E-state index in [-0.39, 0.29) is 0 Å². The highest BCUT2D eigenvalue weighted by Gasteiger charge is 2.39. The molecule has 0 bridgehead atoms. The maximum atomic E-state index is 13.3. The van der Waals surface area contributed by atoms with Crippen molar-refractivity contribution in [2.24, 2.45) is 17.4 Å². The number of alkyl halides is 2. The van der Waals surface area contributed by atoms with Gasteiger partial charge in [-0.05, 0) is 51.1 Å². The normalized spacial score (nSPS) is 13.9. The summed E-state index contributed by atoms with van der Waals surface area (Å²) in [6.07, 6.45) is 6.35. The first-order valence-electron chi connectivity index (χ1n) is 8.81. The maximum Gasteiger partial charge on any atom is 0.321 e. The van der Waals surface area contributed by atoms with Crippen LogP contribution in [-0.2, 0) is 4.79 Å². The Kier molecular flexibility index (Phi) is 10.6. The fourth-order valence-corrected chi connectivity index (χ4v) is 2.79. The Labute approximate surface area is 139 Å². The molecule has 0 radical (unpaired) electrons. The van der Waals surface area contributed by atoms with Crippen molar-refractivity contribution in [1.29, 1.82) is 0 Å². The SMILES string of the molecule is CCC(C)CCCC(CCCN)(CCCN)NC(=O)C(C)(F)F. The summed E-state index contributed by atoms with van der Waals surface area (Å²) in [5, 5.41) is 2.63. The van der Waals surface area contributed by atoms with Gasteiger partial charge in [0.15, 0.2) is 0 Å². The number of hydrogen-bond acceptors (Lipinski definition) is 3. The Morgan fingerprint density at radius 1 is 1.09 bits per heavy atom. The number of carbonyl (C=O) groups is 1. The molecule has 0 saturated heterocycles. The van der Waals surface area contributed by atoms with E-state index < -0.39 is 17.4 Å². The lowest BCUT2D eigenvalue weighted by atomic mass is 9.82. The van der Waals surface area contributed by atoms with Gasteiger partial charge in [0.2, 0.25) is 0 Å². The molecule has 0 spiro atoms. The fraction of sp³-hybridized carbons (Fsp3) is 0.941.